The second-order valence-corrected chi connectivity index (χ2v) is 6.38. The Morgan fingerprint density at radius 2 is 1.58 bits per heavy atom. The minimum Gasteiger partial charge on any atom is -0.379 e. The van der Waals surface area contributed by atoms with Crippen molar-refractivity contribution in [3.63, 3.8) is 0 Å². The highest BCUT2D eigenvalue weighted by atomic mass is 16.5. The molecule has 0 aliphatic heterocycles. The maximum atomic E-state index is 5.57. The van der Waals surface area contributed by atoms with Crippen molar-refractivity contribution in [2.75, 3.05) is 13.7 Å². The molecule has 0 aliphatic rings. The smallest absolute Gasteiger partial charge is 0.0637 e. The zero-order valence-corrected chi connectivity index (χ0v) is 14.1. The molecule has 0 aromatic carbocycles. The lowest BCUT2D eigenvalue weighted by molar-refractivity contribution is 0.00620. The lowest BCUT2D eigenvalue weighted by Crippen LogP contribution is -2.38. The molecule has 0 saturated heterocycles. The Morgan fingerprint density at radius 1 is 0.947 bits per heavy atom. The largest absolute Gasteiger partial charge is 0.379 e. The van der Waals surface area contributed by atoms with Crippen LogP contribution in [0.4, 0.5) is 0 Å². The molecule has 0 saturated carbocycles. The molecule has 1 unspecified atom stereocenters. The summed E-state index contributed by atoms with van der Waals surface area (Å²) in [7, 11) is 1.82. The standard InChI is InChI=1S/C17H37NO/c1-6-8-9-10-11-12-13-16(18-14-7-2)15-17(3,4)19-5/h16,18H,6-15H2,1-5H3. The SMILES string of the molecule is CCCCCCCCC(CC(C)(C)OC)NCCC. The van der Waals surface area contributed by atoms with Crippen LogP contribution < -0.4 is 5.32 Å². The maximum absolute atomic E-state index is 5.57. The average Bonchev–Trinajstić information content (AvgIpc) is 2.39. The van der Waals surface area contributed by atoms with Gasteiger partial charge in [0.25, 0.3) is 0 Å². The maximum Gasteiger partial charge on any atom is 0.0637 e. The Morgan fingerprint density at radius 3 is 2.16 bits per heavy atom. The van der Waals surface area contributed by atoms with E-state index in [4.69, 9.17) is 4.74 Å². The Bertz CT molecular complexity index is 192. The first-order valence-corrected chi connectivity index (χ1v) is 8.34. The predicted octanol–water partition coefficient (Wildman–Crippen LogP) is 4.92. The molecule has 2 heteroatoms. The molecule has 116 valence electrons. The average molecular weight is 271 g/mol. The highest BCUT2D eigenvalue weighted by Crippen LogP contribution is 2.19. The third-order valence-electron chi connectivity index (χ3n) is 3.88. The van der Waals surface area contributed by atoms with Crippen molar-refractivity contribution in [1.29, 1.82) is 0 Å². The summed E-state index contributed by atoms with van der Waals surface area (Å²) in [4.78, 5) is 0. The number of hydrogen-bond acceptors (Lipinski definition) is 2. The lowest BCUT2D eigenvalue weighted by Gasteiger charge is -2.29. The summed E-state index contributed by atoms with van der Waals surface area (Å²) in [6.07, 6.45) is 11.9. The molecule has 0 fully saturated rings. The monoisotopic (exact) mass is 271 g/mol. The van der Waals surface area contributed by atoms with E-state index in [1.807, 2.05) is 7.11 Å². The lowest BCUT2D eigenvalue weighted by atomic mass is 9.94. The van der Waals surface area contributed by atoms with Crippen LogP contribution in [0.25, 0.3) is 0 Å². The van der Waals surface area contributed by atoms with E-state index in [9.17, 15) is 0 Å². The fourth-order valence-corrected chi connectivity index (χ4v) is 2.47. The first-order valence-electron chi connectivity index (χ1n) is 8.34. The Labute approximate surface area is 121 Å². The van der Waals surface area contributed by atoms with Crippen LogP contribution in [0.3, 0.4) is 0 Å². The number of nitrogens with one attached hydrogen (secondary N) is 1. The van der Waals surface area contributed by atoms with Crippen molar-refractivity contribution in [2.45, 2.75) is 97.1 Å². The molecule has 0 radical (unpaired) electrons. The van der Waals surface area contributed by atoms with Crippen molar-refractivity contribution in [1.82, 2.24) is 5.32 Å². The second kappa shape index (κ2) is 11.7. The quantitative estimate of drug-likeness (QED) is 0.480. The van der Waals surface area contributed by atoms with E-state index in [1.165, 1.54) is 51.4 Å². The Kier molecular flexibility index (Phi) is 11.7. The van der Waals surface area contributed by atoms with Crippen LogP contribution in [0.15, 0.2) is 0 Å². The van der Waals surface area contributed by atoms with Crippen LogP contribution in [0.5, 0.6) is 0 Å². The van der Waals surface area contributed by atoms with Crippen molar-refractivity contribution in [3.8, 4) is 0 Å². The molecule has 2 nitrogen and oxygen atoms in total. The summed E-state index contributed by atoms with van der Waals surface area (Å²) in [6, 6.07) is 0.612. The molecule has 0 rings (SSSR count). The third-order valence-corrected chi connectivity index (χ3v) is 3.88. The van der Waals surface area contributed by atoms with Crippen LogP contribution >= 0.6 is 0 Å². The highest BCUT2D eigenvalue weighted by molar-refractivity contribution is 4.78. The summed E-state index contributed by atoms with van der Waals surface area (Å²) in [5.41, 5.74) is -0.00633. The van der Waals surface area contributed by atoms with Crippen LogP contribution in [0, 0.1) is 0 Å². The zero-order chi connectivity index (χ0) is 14.6. The summed E-state index contributed by atoms with van der Waals surface area (Å²) in [5, 5.41) is 3.68. The highest BCUT2D eigenvalue weighted by Gasteiger charge is 2.21. The molecule has 19 heavy (non-hydrogen) atoms. The van der Waals surface area contributed by atoms with E-state index >= 15 is 0 Å². The summed E-state index contributed by atoms with van der Waals surface area (Å²) < 4.78 is 5.57. The van der Waals surface area contributed by atoms with E-state index < -0.39 is 0 Å². The molecular formula is C17H37NO. The molecule has 1 N–H and O–H groups in total. The number of unbranched alkanes of at least 4 members (excludes halogenated alkanes) is 5. The van der Waals surface area contributed by atoms with E-state index in [0.29, 0.717) is 6.04 Å². The molecular weight excluding hydrogens is 234 g/mol. The minimum atomic E-state index is -0.00633. The van der Waals surface area contributed by atoms with Crippen LogP contribution in [0.2, 0.25) is 0 Å². The molecule has 1 atom stereocenters. The summed E-state index contributed by atoms with van der Waals surface area (Å²) in [6.45, 7) is 10.0. The second-order valence-electron chi connectivity index (χ2n) is 6.38. The summed E-state index contributed by atoms with van der Waals surface area (Å²) in [5.74, 6) is 0. The van der Waals surface area contributed by atoms with Gasteiger partial charge in [-0.1, -0.05) is 52.4 Å². The van der Waals surface area contributed by atoms with Crippen molar-refractivity contribution in [2.24, 2.45) is 0 Å². The molecule has 0 spiro atoms. The van der Waals surface area contributed by atoms with Crippen LogP contribution in [-0.2, 0) is 4.74 Å². The van der Waals surface area contributed by atoms with E-state index in [0.717, 1.165) is 13.0 Å². The van der Waals surface area contributed by atoms with Gasteiger partial charge in [-0.2, -0.15) is 0 Å². The van der Waals surface area contributed by atoms with Gasteiger partial charge in [-0.15, -0.1) is 0 Å². The first-order chi connectivity index (χ1) is 9.05. The number of methoxy groups -OCH3 is 1. The van der Waals surface area contributed by atoms with Crippen LogP contribution in [0.1, 0.15) is 85.5 Å². The van der Waals surface area contributed by atoms with Gasteiger partial charge < -0.3 is 10.1 Å². The van der Waals surface area contributed by atoms with Gasteiger partial charge in [-0.05, 0) is 39.7 Å². The molecule has 0 heterocycles. The van der Waals surface area contributed by atoms with Gasteiger partial charge >= 0.3 is 0 Å². The Hall–Kier alpha value is -0.0800. The van der Waals surface area contributed by atoms with Gasteiger partial charge in [0.2, 0.25) is 0 Å². The van der Waals surface area contributed by atoms with Gasteiger partial charge in [0.1, 0.15) is 0 Å². The predicted molar refractivity (Wildman–Crippen MR) is 85.8 cm³/mol. The van der Waals surface area contributed by atoms with E-state index in [2.05, 4.69) is 33.0 Å². The van der Waals surface area contributed by atoms with Crippen LogP contribution in [-0.4, -0.2) is 25.3 Å². The van der Waals surface area contributed by atoms with E-state index in [1.54, 1.807) is 0 Å². The van der Waals surface area contributed by atoms with Crippen molar-refractivity contribution >= 4 is 0 Å². The zero-order valence-electron chi connectivity index (χ0n) is 14.1. The number of hydrogen-bond donors (Lipinski definition) is 1. The molecule has 0 bridgehead atoms. The topological polar surface area (TPSA) is 21.3 Å². The summed E-state index contributed by atoms with van der Waals surface area (Å²) >= 11 is 0. The molecule has 0 aromatic heterocycles. The van der Waals surface area contributed by atoms with Gasteiger partial charge in [0, 0.05) is 13.2 Å². The fraction of sp³-hybridized carbons (Fsp3) is 1.00. The molecule has 0 amide bonds. The van der Waals surface area contributed by atoms with Crippen molar-refractivity contribution in [3.05, 3.63) is 0 Å². The fourth-order valence-electron chi connectivity index (χ4n) is 2.47. The van der Waals surface area contributed by atoms with Crippen molar-refractivity contribution < 1.29 is 4.74 Å². The first kappa shape index (κ1) is 18.9. The molecule has 0 aliphatic carbocycles. The van der Waals surface area contributed by atoms with Gasteiger partial charge in [0.15, 0.2) is 0 Å². The molecule has 0 aromatic rings. The normalized spacial score (nSPS) is 13.7. The van der Waals surface area contributed by atoms with E-state index in [-0.39, 0.29) is 5.60 Å². The van der Waals surface area contributed by atoms with Gasteiger partial charge in [-0.25, -0.2) is 0 Å². The third kappa shape index (κ3) is 11.4. The number of ether oxygens (including phenoxy) is 1. The minimum absolute atomic E-state index is 0.00633. The number of rotatable bonds is 13. The Balaban J connectivity index is 3.86. The van der Waals surface area contributed by atoms with Gasteiger partial charge in [-0.3, -0.25) is 0 Å². The van der Waals surface area contributed by atoms with Gasteiger partial charge in [0.05, 0.1) is 5.60 Å².